The molecule has 0 saturated heterocycles. The van der Waals surface area contributed by atoms with Gasteiger partial charge in [0.05, 0.1) is 23.6 Å². The quantitative estimate of drug-likeness (QED) is 0.212. The average molecular weight is 667 g/mol. The summed E-state index contributed by atoms with van der Waals surface area (Å²) >= 11 is 0. The first-order valence-corrected chi connectivity index (χ1v) is 16.2. The second-order valence-electron chi connectivity index (χ2n) is 12.6. The molecule has 1 saturated carbocycles. The Bertz CT molecular complexity index is 1520. The van der Waals surface area contributed by atoms with Crippen LogP contribution in [0.2, 0.25) is 0 Å². The number of benzene rings is 2. The summed E-state index contributed by atoms with van der Waals surface area (Å²) in [4.78, 5) is 16.7. The van der Waals surface area contributed by atoms with Gasteiger partial charge in [0, 0.05) is 31.9 Å². The Labute approximate surface area is 269 Å². The van der Waals surface area contributed by atoms with Crippen LogP contribution in [0.15, 0.2) is 30.3 Å². The van der Waals surface area contributed by atoms with Gasteiger partial charge < -0.3 is 14.9 Å². The molecular weight excluding hydrogens is 626 g/mol. The van der Waals surface area contributed by atoms with Gasteiger partial charge in [0.15, 0.2) is 0 Å². The van der Waals surface area contributed by atoms with Gasteiger partial charge in [-0.15, -0.1) is 5.10 Å². The summed E-state index contributed by atoms with van der Waals surface area (Å²) in [6, 6.07) is 5.90. The molecule has 1 heterocycles. The number of alkyl halides is 6. The molecule has 5 rings (SSSR count). The summed E-state index contributed by atoms with van der Waals surface area (Å²) in [6.07, 6.45) is -3.23. The number of tetrazole rings is 1. The molecule has 256 valence electrons. The molecule has 14 heteroatoms. The minimum Gasteiger partial charge on any atom is -0.481 e. The van der Waals surface area contributed by atoms with Crippen LogP contribution in [-0.2, 0) is 49.6 Å². The first kappa shape index (κ1) is 34.5. The van der Waals surface area contributed by atoms with Gasteiger partial charge in [-0.25, -0.2) is 0 Å². The van der Waals surface area contributed by atoms with E-state index >= 15 is 0 Å². The lowest BCUT2D eigenvalue weighted by molar-refractivity contribution is -0.144. The Morgan fingerprint density at radius 1 is 0.872 bits per heavy atom. The van der Waals surface area contributed by atoms with Crippen LogP contribution in [0, 0.1) is 11.8 Å². The molecule has 3 aromatic rings. The number of anilines is 2. The molecule has 1 N–H and O–H groups in total. The van der Waals surface area contributed by atoms with Crippen molar-refractivity contribution >= 4 is 17.6 Å². The Morgan fingerprint density at radius 2 is 1.49 bits per heavy atom. The van der Waals surface area contributed by atoms with E-state index in [0.717, 1.165) is 61.9 Å². The summed E-state index contributed by atoms with van der Waals surface area (Å²) in [5.41, 5.74) is 1.29. The fourth-order valence-electron chi connectivity index (χ4n) is 6.78. The number of halogens is 6. The number of carboxylic acids is 1. The van der Waals surface area contributed by atoms with Crippen LogP contribution in [0.3, 0.4) is 0 Å². The fourth-order valence-corrected chi connectivity index (χ4v) is 6.78. The normalized spacial score (nSPS) is 18.6. The highest BCUT2D eigenvalue weighted by molar-refractivity contribution is 5.70. The minimum absolute atomic E-state index is 0.0940. The smallest absolute Gasteiger partial charge is 0.416 e. The molecule has 0 amide bonds. The Kier molecular flexibility index (Phi) is 10.4. The van der Waals surface area contributed by atoms with Crippen molar-refractivity contribution in [3.05, 3.63) is 63.7 Å². The highest BCUT2D eigenvalue weighted by Crippen LogP contribution is 2.38. The van der Waals surface area contributed by atoms with E-state index in [0.29, 0.717) is 38.4 Å². The van der Waals surface area contributed by atoms with E-state index in [9.17, 15) is 36.2 Å². The number of aromatic nitrogens is 4. The highest BCUT2D eigenvalue weighted by atomic mass is 19.4. The maximum atomic E-state index is 13.7. The van der Waals surface area contributed by atoms with Crippen molar-refractivity contribution in [2.75, 3.05) is 22.9 Å². The van der Waals surface area contributed by atoms with E-state index < -0.39 is 29.4 Å². The van der Waals surface area contributed by atoms with Crippen molar-refractivity contribution in [1.82, 2.24) is 20.2 Å². The number of fused-ring (bicyclic) bond motifs is 1. The predicted octanol–water partition coefficient (Wildman–Crippen LogP) is 7.53. The maximum Gasteiger partial charge on any atom is 0.416 e. The lowest BCUT2D eigenvalue weighted by Gasteiger charge is -2.35. The molecule has 0 radical (unpaired) electrons. The van der Waals surface area contributed by atoms with Crippen LogP contribution in [-0.4, -0.2) is 44.4 Å². The average Bonchev–Trinajstić information content (AvgIpc) is 3.52. The van der Waals surface area contributed by atoms with Crippen LogP contribution < -0.4 is 9.80 Å². The Hall–Kier alpha value is -3.84. The lowest BCUT2D eigenvalue weighted by Crippen LogP contribution is -2.34. The van der Waals surface area contributed by atoms with E-state index in [1.807, 2.05) is 6.92 Å². The van der Waals surface area contributed by atoms with Gasteiger partial charge in [-0.05, 0) is 123 Å². The van der Waals surface area contributed by atoms with E-state index in [-0.39, 0.29) is 36.6 Å². The minimum atomic E-state index is -4.97. The van der Waals surface area contributed by atoms with E-state index in [1.165, 1.54) is 15.9 Å². The molecule has 8 nitrogen and oxygen atoms in total. The van der Waals surface area contributed by atoms with Gasteiger partial charge in [0.2, 0.25) is 0 Å². The first-order chi connectivity index (χ1) is 22.2. The van der Waals surface area contributed by atoms with Gasteiger partial charge in [-0.1, -0.05) is 11.2 Å². The summed E-state index contributed by atoms with van der Waals surface area (Å²) in [6.45, 7) is 5.39. The lowest BCUT2D eigenvalue weighted by atomic mass is 9.81. The predicted molar refractivity (Wildman–Crippen MR) is 164 cm³/mol. The topological polar surface area (TPSA) is 87.4 Å². The third-order valence-electron chi connectivity index (χ3n) is 9.33. The molecule has 2 aliphatic rings. The largest absolute Gasteiger partial charge is 0.481 e. The standard InChI is InChI=1S/C33H40F6N6O2/c1-3-43(18-21-9-11-23(12-10-21)30(46)47)29-16-25-8-6-5-7-24(25)15-26(29)20-44(31-40-42-45(4-2)41-31)19-22-13-27(32(34,35)36)17-28(14-22)33(37,38)39/h13-17,21,23H,3-12,18-20H2,1-2H3,(H,46,47)/t21-,23-. The van der Waals surface area contributed by atoms with E-state index in [2.05, 4.69) is 32.4 Å². The van der Waals surface area contributed by atoms with Crippen LogP contribution in [0.1, 0.15) is 85.8 Å². The number of rotatable bonds is 11. The molecule has 2 aliphatic carbocycles. The number of nitrogens with zero attached hydrogens (tertiary/aromatic N) is 6. The Morgan fingerprint density at radius 3 is 2.02 bits per heavy atom. The number of aliphatic carboxylic acids is 1. The summed E-state index contributed by atoms with van der Waals surface area (Å²) in [5.74, 6) is -0.698. The van der Waals surface area contributed by atoms with E-state index in [1.54, 1.807) is 11.8 Å². The SMILES string of the molecule is CCN(C[C@H]1CC[C@H](C(=O)O)CC1)c1cc2c(cc1CN(Cc1cc(C(F)(F)F)cc(C(F)(F)F)c1)c1nnn(CC)n1)CCCC2. The third-order valence-corrected chi connectivity index (χ3v) is 9.33. The van der Waals surface area contributed by atoms with Gasteiger partial charge >= 0.3 is 18.3 Å². The van der Waals surface area contributed by atoms with Crippen LogP contribution in [0.4, 0.5) is 38.0 Å². The maximum absolute atomic E-state index is 13.7. The molecule has 1 fully saturated rings. The van der Waals surface area contributed by atoms with Crippen molar-refractivity contribution in [3.8, 4) is 0 Å². The van der Waals surface area contributed by atoms with Gasteiger partial charge in [-0.3, -0.25) is 4.79 Å². The fraction of sp³-hybridized carbons (Fsp3) is 0.576. The number of carbonyl (C=O) groups is 1. The monoisotopic (exact) mass is 666 g/mol. The molecule has 2 aromatic carbocycles. The second-order valence-corrected chi connectivity index (χ2v) is 12.6. The molecule has 1 aromatic heterocycles. The Balaban J connectivity index is 1.52. The van der Waals surface area contributed by atoms with Crippen molar-refractivity contribution in [2.45, 2.75) is 97.2 Å². The zero-order valence-corrected chi connectivity index (χ0v) is 26.5. The first-order valence-electron chi connectivity index (χ1n) is 16.2. The highest BCUT2D eigenvalue weighted by Gasteiger charge is 2.37. The van der Waals surface area contributed by atoms with Crippen LogP contribution in [0.5, 0.6) is 0 Å². The van der Waals surface area contributed by atoms with Crippen molar-refractivity contribution < 1.29 is 36.2 Å². The molecule has 0 atom stereocenters. The number of aryl methyl sites for hydroxylation is 3. The van der Waals surface area contributed by atoms with Crippen molar-refractivity contribution in [1.29, 1.82) is 0 Å². The van der Waals surface area contributed by atoms with E-state index in [4.69, 9.17) is 0 Å². The van der Waals surface area contributed by atoms with Crippen LogP contribution >= 0.6 is 0 Å². The number of hydrogen-bond acceptors (Lipinski definition) is 6. The molecule has 0 bridgehead atoms. The van der Waals surface area contributed by atoms with Gasteiger partial charge in [0.25, 0.3) is 5.95 Å². The number of carboxylic acid groups (broad SMARTS) is 1. The summed E-state index contributed by atoms with van der Waals surface area (Å²) in [5, 5.41) is 22.0. The van der Waals surface area contributed by atoms with Crippen molar-refractivity contribution in [3.63, 3.8) is 0 Å². The zero-order chi connectivity index (χ0) is 33.9. The number of hydrogen-bond donors (Lipinski definition) is 1. The molecule has 0 aliphatic heterocycles. The summed E-state index contributed by atoms with van der Waals surface area (Å²) < 4.78 is 82.4. The third kappa shape index (κ3) is 8.36. The molecular formula is C33H40F6N6O2. The molecule has 0 unspecified atom stereocenters. The summed E-state index contributed by atoms with van der Waals surface area (Å²) in [7, 11) is 0. The molecule has 0 spiro atoms. The molecule has 47 heavy (non-hydrogen) atoms. The van der Waals surface area contributed by atoms with Gasteiger partial charge in [-0.2, -0.15) is 31.1 Å². The van der Waals surface area contributed by atoms with Gasteiger partial charge in [0.1, 0.15) is 0 Å². The second kappa shape index (κ2) is 14.1. The van der Waals surface area contributed by atoms with Crippen molar-refractivity contribution in [2.24, 2.45) is 11.8 Å². The van der Waals surface area contributed by atoms with Crippen LogP contribution in [0.25, 0.3) is 0 Å². The zero-order valence-electron chi connectivity index (χ0n) is 26.5.